The number of carbonyl (C=O) groups excluding carboxylic acids is 1. The van der Waals surface area contributed by atoms with Gasteiger partial charge in [-0.05, 0) is 42.5 Å². The van der Waals surface area contributed by atoms with Crippen molar-refractivity contribution in [3.63, 3.8) is 0 Å². The number of nitrogens with one attached hydrogen (secondary N) is 1. The molecule has 0 radical (unpaired) electrons. The molecule has 4 rings (SSSR count). The van der Waals surface area contributed by atoms with E-state index in [0.29, 0.717) is 22.7 Å². The number of hydrogen-bond acceptors (Lipinski definition) is 3. The van der Waals surface area contributed by atoms with Crippen LogP contribution >= 0.6 is 11.6 Å². The third kappa shape index (κ3) is 3.52. The van der Waals surface area contributed by atoms with Gasteiger partial charge in [0, 0.05) is 53.0 Å². The summed E-state index contributed by atoms with van der Waals surface area (Å²) in [5.74, 6) is -0.237. The molecule has 4 aromatic rings. The van der Waals surface area contributed by atoms with Crippen LogP contribution in [0.2, 0.25) is 5.02 Å². The number of aromatic nitrogens is 2. The van der Waals surface area contributed by atoms with Crippen molar-refractivity contribution in [1.82, 2.24) is 9.55 Å². The van der Waals surface area contributed by atoms with E-state index in [1.807, 2.05) is 42.6 Å². The summed E-state index contributed by atoms with van der Waals surface area (Å²) in [6.45, 7) is 1.43. The number of anilines is 1. The van der Waals surface area contributed by atoms with E-state index in [-0.39, 0.29) is 5.91 Å². The normalized spacial score (nSPS) is 11.2. The molecule has 2 aromatic carbocycles. The number of amides is 1. The van der Waals surface area contributed by atoms with Gasteiger partial charge in [-0.2, -0.15) is 0 Å². The van der Waals surface area contributed by atoms with Crippen molar-refractivity contribution in [1.29, 1.82) is 0 Å². The van der Waals surface area contributed by atoms with E-state index in [4.69, 9.17) is 16.3 Å². The van der Waals surface area contributed by atoms with Gasteiger partial charge in [-0.25, -0.2) is 0 Å². The molecule has 0 saturated carbocycles. The first-order valence-electron chi connectivity index (χ1n) is 8.59. The van der Waals surface area contributed by atoms with Gasteiger partial charge in [0.25, 0.3) is 5.91 Å². The fourth-order valence-electron chi connectivity index (χ4n) is 3.19. The Morgan fingerprint density at radius 1 is 1.19 bits per heavy atom. The molecule has 2 heterocycles. The molecule has 0 fully saturated rings. The lowest BCUT2D eigenvalue weighted by Gasteiger charge is -2.09. The highest BCUT2D eigenvalue weighted by atomic mass is 35.5. The zero-order valence-corrected chi connectivity index (χ0v) is 15.5. The summed E-state index contributed by atoms with van der Waals surface area (Å²) < 4.78 is 7.26. The van der Waals surface area contributed by atoms with Crippen LogP contribution in [0.5, 0.6) is 0 Å². The van der Waals surface area contributed by atoms with Crippen molar-refractivity contribution in [3.8, 4) is 0 Å². The number of rotatable bonds is 5. The largest absolute Gasteiger partial charge is 0.383 e. The average Bonchev–Trinajstić information content (AvgIpc) is 3.07. The Bertz CT molecular complexity index is 1140. The summed E-state index contributed by atoms with van der Waals surface area (Å²) in [5.41, 5.74) is 2.91. The van der Waals surface area contributed by atoms with E-state index in [1.165, 1.54) is 0 Å². The summed E-state index contributed by atoms with van der Waals surface area (Å²) in [6.07, 6.45) is 3.69. The molecule has 0 atom stereocenters. The number of benzene rings is 2. The summed E-state index contributed by atoms with van der Waals surface area (Å²) >= 11 is 6.17. The van der Waals surface area contributed by atoms with E-state index in [2.05, 4.69) is 14.9 Å². The van der Waals surface area contributed by atoms with E-state index >= 15 is 0 Å². The topological polar surface area (TPSA) is 56.1 Å². The van der Waals surface area contributed by atoms with Gasteiger partial charge in [0.15, 0.2) is 0 Å². The Balaban J connectivity index is 1.63. The highest BCUT2D eigenvalue weighted by Gasteiger charge is 2.13. The third-order valence-corrected chi connectivity index (χ3v) is 4.70. The van der Waals surface area contributed by atoms with Crippen molar-refractivity contribution in [2.75, 3.05) is 19.0 Å². The SMILES string of the molecule is COCCn1ccc2cc(NC(=O)c3cc(Cl)cc4cccnc34)ccc21. The Morgan fingerprint density at radius 2 is 2.07 bits per heavy atom. The molecule has 1 amide bonds. The molecule has 0 aliphatic heterocycles. The first-order chi connectivity index (χ1) is 13.2. The van der Waals surface area contributed by atoms with Crippen LogP contribution in [-0.2, 0) is 11.3 Å². The number of pyridine rings is 1. The van der Waals surface area contributed by atoms with E-state index in [0.717, 1.165) is 28.5 Å². The number of hydrogen-bond donors (Lipinski definition) is 1. The van der Waals surface area contributed by atoms with Gasteiger partial charge in [0.2, 0.25) is 0 Å². The van der Waals surface area contributed by atoms with Gasteiger partial charge in [-0.3, -0.25) is 9.78 Å². The molecule has 27 heavy (non-hydrogen) atoms. The molecule has 5 nitrogen and oxygen atoms in total. The Kier molecular flexibility index (Phi) is 4.79. The average molecular weight is 380 g/mol. The summed E-state index contributed by atoms with van der Waals surface area (Å²) in [4.78, 5) is 17.2. The van der Waals surface area contributed by atoms with Crippen LogP contribution in [0.25, 0.3) is 21.8 Å². The van der Waals surface area contributed by atoms with Crippen molar-refractivity contribution in [3.05, 3.63) is 71.5 Å². The predicted octanol–water partition coefficient (Wildman–Crippen LogP) is 4.74. The molecule has 0 bridgehead atoms. The minimum atomic E-state index is -0.237. The molecule has 1 N–H and O–H groups in total. The van der Waals surface area contributed by atoms with Gasteiger partial charge in [0.05, 0.1) is 17.7 Å². The fourth-order valence-corrected chi connectivity index (χ4v) is 3.42. The Morgan fingerprint density at radius 3 is 2.93 bits per heavy atom. The lowest BCUT2D eigenvalue weighted by molar-refractivity contribution is 0.102. The molecule has 2 aromatic heterocycles. The summed E-state index contributed by atoms with van der Waals surface area (Å²) in [5, 5.41) is 5.34. The first-order valence-corrected chi connectivity index (χ1v) is 8.97. The van der Waals surface area contributed by atoms with Crippen LogP contribution < -0.4 is 5.32 Å². The molecule has 136 valence electrons. The zero-order valence-electron chi connectivity index (χ0n) is 14.8. The second-order valence-corrected chi connectivity index (χ2v) is 6.69. The number of halogens is 1. The molecule has 6 heteroatoms. The van der Waals surface area contributed by atoms with Crippen molar-refractivity contribution < 1.29 is 9.53 Å². The number of methoxy groups -OCH3 is 1. The van der Waals surface area contributed by atoms with Crippen LogP contribution in [0.3, 0.4) is 0 Å². The third-order valence-electron chi connectivity index (χ3n) is 4.48. The second kappa shape index (κ2) is 7.39. The Labute approximate surface area is 161 Å². The van der Waals surface area contributed by atoms with Crippen molar-refractivity contribution in [2.24, 2.45) is 0 Å². The minimum Gasteiger partial charge on any atom is -0.383 e. The van der Waals surface area contributed by atoms with E-state index in [9.17, 15) is 4.79 Å². The maximum atomic E-state index is 12.8. The molecular formula is C21H18ClN3O2. The smallest absolute Gasteiger partial charge is 0.257 e. The first kappa shape index (κ1) is 17.5. The predicted molar refractivity (Wildman–Crippen MR) is 109 cm³/mol. The number of carbonyl (C=O) groups is 1. The molecule has 0 unspecified atom stereocenters. The van der Waals surface area contributed by atoms with Crippen LogP contribution in [-0.4, -0.2) is 29.2 Å². The van der Waals surface area contributed by atoms with Crippen LogP contribution in [0.15, 0.2) is 60.9 Å². The minimum absolute atomic E-state index is 0.237. The standard InChI is InChI=1S/C21H18ClN3O2/c1-27-10-9-25-8-6-14-12-17(4-5-19(14)25)24-21(26)18-13-16(22)11-15-3-2-7-23-20(15)18/h2-8,11-13H,9-10H2,1H3,(H,24,26). The number of ether oxygens (including phenoxy) is 1. The van der Waals surface area contributed by atoms with Gasteiger partial charge in [-0.15, -0.1) is 0 Å². The van der Waals surface area contributed by atoms with Gasteiger partial charge >= 0.3 is 0 Å². The molecule has 0 spiro atoms. The zero-order chi connectivity index (χ0) is 18.8. The molecule has 0 aliphatic rings. The monoisotopic (exact) mass is 379 g/mol. The highest BCUT2D eigenvalue weighted by Crippen LogP contribution is 2.25. The van der Waals surface area contributed by atoms with Crippen LogP contribution in [0.4, 0.5) is 5.69 Å². The summed E-state index contributed by atoms with van der Waals surface area (Å²) in [7, 11) is 1.69. The molecule has 0 saturated heterocycles. The summed E-state index contributed by atoms with van der Waals surface area (Å²) in [6, 6.07) is 15.0. The van der Waals surface area contributed by atoms with Gasteiger partial charge in [-0.1, -0.05) is 17.7 Å². The lowest BCUT2D eigenvalue weighted by atomic mass is 10.1. The second-order valence-electron chi connectivity index (χ2n) is 6.26. The lowest BCUT2D eigenvalue weighted by Crippen LogP contribution is -2.13. The maximum Gasteiger partial charge on any atom is 0.257 e. The van der Waals surface area contributed by atoms with Gasteiger partial charge in [0.1, 0.15) is 0 Å². The number of fused-ring (bicyclic) bond motifs is 2. The van der Waals surface area contributed by atoms with Crippen molar-refractivity contribution >= 4 is 45.0 Å². The van der Waals surface area contributed by atoms with Crippen LogP contribution in [0, 0.1) is 0 Å². The molecular weight excluding hydrogens is 362 g/mol. The van der Waals surface area contributed by atoms with E-state index < -0.39 is 0 Å². The van der Waals surface area contributed by atoms with Crippen molar-refractivity contribution in [2.45, 2.75) is 6.54 Å². The Hall–Kier alpha value is -2.89. The van der Waals surface area contributed by atoms with Crippen LogP contribution in [0.1, 0.15) is 10.4 Å². The fraction of sp³-hybridized carbons (Fsp3) is 0.143. The van der Waals surface area contributed by atoms with Gasteiger partial charge < -0.3 is 14.6 Å². The number of nitrogens with zero attached hydrogens (tertiary/aromatic N) is 2. The maximum absolute atomic E-state index is 12.8. The van der Waals surface area contributed by atoms with E-state index in [1.54, 1.807) is 25.4 Å². The quantitative estimate of drug-likeness (QED) is 0.544. The molecule has 0 aliphatic carbocycles. The highest BCUT2D eigenvalue weighted by molar-refractivity contribution is 6.32.